The van der Waals surface area contributed by atoms with Crippen LogP contribution in [0.25, 0.3) is 6.08 Å². The zero-order valence-electron chi connectivity index (χ0n) is 15.8. The number of rotatable bonds is 5. The third-order valence-electron chi connectivity index (χ3n) is 4.48. The van der Waals surface area contributed by atoms with Gasteiger partial charge < -0.3 is 10.2 Å². The number of hydrogen-bond donors (Lipinski definition) is 2. The largest absolute Gasteiger partial charge is 0.385 e. The molecule has 0 saturated heterocycles. The van der Waals surface area contributed by atoms with E-state index in [1.807, 2.05) is 36.4 Å². The Morgan fingerprint density at radius 2 is 1.76 bits per heavy atom. The predicted octanol–water partition coefficient (Wildman–Crippen LogP) is 4.56. The van der Waals surface area contributed by atoms with Crippen molar-refractivity contribution in [3.8, 4) is 11.8 Å². The summed E-state index contributed by atoms with van der Waals surface area (Å²) in [5, 5.41) is 21.8. The van der Waals surface area contributed by atoms with Crippen molar-refractivity contribution in [2.24, 2.45) is 0 Å². The number of unbranched alkanes of at least 4 members (excludes halogenated alkanes) is 3. The summed E-state index contributed by atoms with van der Waals surface area (Å²) in [6.07, 6.45) is 4.75. The second-order valence-electron chi connectivity index (χ2n) is 7.70. The van der Waals surface area contributed by atoms with Gasteiger partial charge in [-0.15, -0.1) is 0 Å². The lowest BCUT2D eigenvalue weighted by Gasteiger charge is -2.39. The highest BCUT2D eigenvalue weighted by atomic mass is 28.3. The van der Waals surface area contributed by atoms with Crippen molar-refractivity contribution in [2.75, 3.05) is 0 Å². The lowest BCUT2D eigenvalue weighted by Crippen LogP contribution is -2.45. The molecule has 2 rings (SSSR count). The first kappa shape index (κ1) is 19.7. The molecule has 1 aromatic carbocycles. The highest BCUT2D eigenvalue weighted by molar-refractivity contribution is 6.84. The average Bonchev–Trinajstić information content (AvgIpc) is 2.59. The number of hydrogen-bond acceptors (Lipinski definition) is 2. The molecule has 1 fully saturated rings. The van der Waals surface area contributed by atoms with Gasteiger partial charge in [0, 0.05) is 6.42 Å². The standard InChI is InChI=1S/C22H30O2Si/c1-5-6-7-8-12-15-19(25(2,3)4)20-18(21(23)22(20)24)16-17-13-10-9-11-14-17/h9-11,13-14,16,21-24H,5-8H2,1-4H3/b18-16-,20-19-/t21-,22+/m1/s1. The number of benzene rings is 1. The minimum atomic E-state index is -1.72. The molecule has 134 valence electrons. The first-order valence-corrected chi connectivity index (χ1v) is 12.7. The Hall–Kier alpha value is -1.60. The van der Waals surface area contributed by atoms with Gasteiger partial charge in [0.15, 0.2) is 0 Å². The van der Waals surface area contributed by atoms with Gasteiger partial charge in [0.25, 0.3) is 0 Å². The Bertz CT molecular complexity index is 699. The molecule has 1 saturated carbocycles. The zero-order valence-corrected chi connectivity index (χ0v) is 16.8. The highest BCUT2D eigenvalue weighted by Gasteiger charge is 2.42. The van der Waals surface area contributed by atoms with Crippen molar-refractivity contribution in [1.82, 2.24) is 0 Å². The molecule has 0 heterocycles. The minimum Gasteiger partial charge on any atom is -0.385 e. The van der Waals surface area contributed by atoms with E-state index >= 15 is 0 Å². The molecule has 0 bridgehead atoms. The van der Waals surface area contributed by atoms with Crippen LogP contribution in [0.5, 0.6) is 0 Å². The van der Waals surface area contributed by atoms with Gasteiger partial charge in [0.1, 0.15) is 12.2 Å². The van der Waals surface area contributed by atoms with Crippen LogP contribution in [0.1, 0.15) is 38.2 Å². The minimum absolute atomic E-state index is 0.816. The second-order valence-corrected chi connectivity index (χ2v) is 12.7. The molecule has 0 radical (unpaired) electrons. The topological polar surface area (TPSA) is 40.5 Å². The molecule has 1 aliphatic carbocycles. The van der Waals surface area contributed by atoms with Crippen LogP contribution >= 0.6 is 0 Å². The zero-order chi connectivity index (χ0) is 18.4. The van der Waals surface area contributed by atoms with E-state index in [9.17, 15) is 10.2 Å². The van der Waals surface area contributed by atoms with Crippen molar-refractivity contribution in [1.29, 1.82) is 0 Å². The van der Waals surface area contributed by atoms with Crippen molar-refractivity contribution in [3.63, 3.8) is 0 Å². The van der Waals surface area contributed by atoms with E-state index < -0.39 is 20.3 Å². The Labute approximate surface area is 153 Å². The molecule has 1 aliphatic rings. The third kappa shape index (κ3) is 4.95. The van der Waals surface area contributed by atoms with Crippen LogP contribution in [-0.2, 0) is 0 Å². The molecular formula is C22H30O2Si. The molecule has 0 aromatic heterocycles. The first-order valence-electron chi connectivity index (χ1n) is 9.23. The van der Waals surface area contributed by atoms with E-state index in [1.54, 1.807) is 0 Å². The SMILES string of the molecule is CCCCCC#C/C(=C1\C(=C\c2ccccc2)[C@@H](O)[C@H]1O)[Si](C)(C)C. The van der Waals surface area contributed by atoms with Gasteiger partial charge in [0.05, 0.1) is 8.07 Å². The summed E-state index contributed by atoms with van der Waals surface area (Å²) in [6.45, 7) is 8.92. The first-order chi connectivity index (χ1) is 11.9. The van der Waals surface area contributed by atoms with Gasteiger partial charge in [-0.05, 0) is 34.4 Å². The van der Waals surface area contributed by atoms with Crippen molar-refractivity contribution in [2.45, 2.75) is 64.5 Å². The van der Waals surface area contributed by atoms with Crippen LogP contribution in [0, 0.1) is 11.8 Å². The van der Waals surface area contributed by atoms with E-state index in [0.29, 0.717) is 0 Å². The monoisotopic (exact) mass is 354 g/mol. The normalized spacial score (nSPS) is 23.7. The van der Waals surface area contributed by atoms with E-state index in [0.717, 1.165) is 34.7 Å². The highest BCUT2D eigenvalue weighted by Crippen LogP contribution is 2.40. The van der Waals surface area contributed by atoms with E-state index in [2.05, 4.69) is 38.4 Å². The van der Waals surface area contributed by atoms with Crippen LogP contribution in [0.3, 0.4) is 0 Å². The number of aliphatic hydroxyl groups excluding tert-OH is 2. The third-order valence-corrected chi connectivity index (χ3v) is 6.38. The molecule has 0 spiro atoms. The van der Waals surface area contributed by atoms with Crippen LogP contribution in [0.2, 0.25) is 19.6 Å². The Morgan fingerprint density at radius 1 is 1.08 bits per heavy atom. The molecular weight excluding hydrogens is 324 g/mol. The molecule has 2 atom stereocenters. The Kier molecular flexibility index (Phi) is 6.84. The predicted molar refractivity (Wildman–Crippen MR) is 109 cm³/mol. The smallest absolute Gasteiger partial charge is 0.110 e. The molecule has 25 heavy (non-hydrogen) atoms. The Balaban J connectivity index is 2.39. The molecule has 1 aromatic rings. The lowest BCUT2D eigenvalue weighted by molar-refractivity contribution is 0.0354. The summed E-state index contributed by atoms with van der Waals surface area (Å²) in [5.41, 5.74) is 2.71. The maximum absolute atomic E-state index is 10.4. The molecule has 0 unspecified atom stereocenters. The summed E-state index contributed by atoms with van der Waals surface area (Å²) >= 11 is 0. The fourth-order valence-corrected chi connectivity index (χ4v) is 4.58. The maximum Gasteiger partial charge on any atom is 0.110 e. The van der Waals surface area contributed by atoms with Gasteiger partial charge in [0.2, 0.25) is 0 Å². The average molecular weight is 355 g/mol. The summed E-state index contributed by atoms with van der Waals surface area (Å²) in [6, 6.07) is 9.94. The van der Waals surface area contributed by atoms with Crippen molar-refractivity contribution in [3.05, 3.63) is 52.2 Å². The summed E-state index contributed by atoms with van der Waals surface area (Å²) < 4.78 is 0. The molecule has 3 heteroatoms. The fourth-order valence-electron chi connectivity index (χ4n) is 3.02. The van der Waals surface area contributed by atoms with Gasteiger partial charge >= 0.3 is 0 Å². The molecule has 0 amide bonds. The summed E-state index contributed by atoms with van der Waals surface area (Å²) in [7, 11) is -1.72. The molecule has 0 aliphatic heterocycles. The van der Waals surface area contributed by atoms with Crippen molar-refractivity contribution < 1.29 is 10.2 Å². The van der Waals surface area contributed by atoms with Crippen LogP contribution in [0.4, 0.5) is 0 Å². The van der Waals surface area contributed by atoms with Crippen LogP contribution < -0.4 is 0 Å². The van der Waals surface area contributed by atoms with Gasteiger partial charge in [-0.25, -0.2) is 0 Å². The van der Waals surface area contributed by atoms with E-state index in [1.165, 1.54) is 12.8 Å². The van der Waals surface area contributed by atoms with E-state index in [4.69, 9.17) is 0 Å². The maximum atomic E-state index is 10.4. The van der Waals surface area contributed by atoms with Gasteiger partial charge in [-0.1, -0.05) is 81.6 Å². The number of aliphatic hydroxyl groups is 2. The van der Waals surface area contributed by atoms with Gasteiger partial charge in [-0.2, -0.15) is 0 Å². The lowest BCUT2D eigenvalue weighted by atomic mass is 9.78. The van der Waals surface area contributed by atoms with E-state index in [-0.39, 0.29) is 0 Å². The fraction of sp³-hybridized carbons (Fsp3) is 0.455. The van der Waals surface area contributed by atoms with Gasteiger partial charge in [-0.3, -0.25) is 0 Å². The summed E-state index contributed by atoms with van der Waals surface area (Å²) in [5.74, 6) is 6.67. The molecule has 2 nitrogen and oxygen atoms in total. The van der Waals surface area contributed by atoms with Crippen LogP contribution in [0.15, 0.2) is 46.7 Å². The molecule has 2 N–H and O–H groups in total. The van der Waals surface area contributed by atoms with Crippen molar-refractivity contribution >= 4 is 14.1 Å². The quantitative estimate of drug-likeness (QED) is 0.462. The van der Waals surface area contributed by atoms with Crippen LogP contribution in [-0.4, -0.2) is 30.5 Å². The number of allylic oxidation sites excluding steroid dienone is 1. The second kappa shape index (κ2) is 8.67. The Morgan fingerprint density at radius 3 is 2.36 bits per heavy atom. The summed E-state index contributed by atoms with van der Waals surface area (Å²) in [4.78, 5) is 0.